The van der Waals surface area contributed by atoms with Gasteiger partial charge in [-0.15, -0.1) is 11.8 Å². The van der Waals surface area contributed by atoms with Crippen LogP contribution in [0.3, 0.4) is 0 Å². The third kappa shape index (κ3) is 4.02. The van der Waals surface area contributed by atoms with E-state index in [1.165, 1.54) is 35.7 Å². The number of carbonyl (C=O) groups is 5. The van der Waals surface area contributed by atoms with E-state index in [9.17, 15) is 29.1 Å². The number of amides is 2. The molecule has 3 aliphatic heterocycles. The van der Waals surface area contributed by atoms with E-state index < -0.39 is 35.8 Å². The second-order valence-electron chi connectivity index (χ2n) is 8.41. The second-order valence-corrected chi connectivity index (χ2v) is 9.75. The van der Waals surface area contributed by atoms with E-state index in [0.29, 0.717) is 23.6 Å². The number of nitrogens with one attached hydrogen (secondary N) is 2. The van der Waals surface area contributed by atoms with E-state index in [1.54, 1.807) is 12.1 Å². The van der Waals surface area contributed by atoms with Crippen LogP contribution in [0.5, 0.6) is 0 Å². The number of aliphatic carboxylic acids is 1. The molecule has 4 N–H and O–H groups in total. The quantitative estimate of drug-likeness (QED) is 0.337. The first kappa shape index (κ1) is 23.0. The summed E-state index contributed by atoms with van der Waals surface area (Å²) in [7, 11) is 0. The fraction of sp³-hybridized carbons (Fsp3) is 0.409. The molecule has 0 aliphatic carbocycles. The van der Waals surface area contributed by atoms with Crippen molar-refractivity contribution in [3.8, 4) is 0 Å². The summed E-state index contributed by atoms with van der Waals surface area (Å²) in [5.74, 6) is -4.46. The van der Waals surface area contributed by atoms with Crippen molar-refractivity contribution >= 4 is 47.0 Å². The highest BCUT2D eigenvalue weighted by molar-refractivity contribution is 8.03. The molecule has 2 fully saturated rings. The van der Waals surface area contributed by atoms with Gasteiger partial charge in [0.25, 0.3) is 0 Å². The lowest BCUT2D eigenvalue weighted by atomic mass is 9.80. The van der Waals surface area contributed by atoms with Gasteiger partial charge in [-0.2, -0.15) is 0 Å². The molecule has 0 spiro atoms. The first-order chi connectivity index (χ1) is 15.6. The molecule has 3 aliphatic rings. The smallest absolute Gasteiger partial charge is 0.353 e. The number of carboxylic acid groups (broad SMARTS) is 2. The zero-order valence-electron chi connectivity index (χ0n) is 17.9. The highest BCUT2D eigenvalue weighted by Gasteiger charge is 2.60. The van der Waals surface area contributed by atoms with Gasteiger partial charge in [0.05, 0.1) is 17.6 Å². The number of β-lactam (4-membered cyclic amide) rings is 1. The lowest BCUT2D eigenvalue weighted by Crippen LogP contribution is -2.62. The van der Waals surface area contributed by atoms with Crippen LogP contribution in [0.4, 0.5) is 5.69 Å². The van der Waals surface area contributed by atoms with Gasteiger partial charge in [0.2, 0.25) is 11.8 Å². The van der Waals surface area contributed by atoms with Gasteiger partial charge in [-0.1, -0.05) is 13.0 Å². The molecule has 1 aromatic rings. The Morgan fingerprint density at radius 2 is 1.91 bits per heavy atom. The van der Waals surface area contributed by atoms with Crippen LogP contribution in [0.15, 0.2) is 34.9 Å². The summed E-state index contributed by atoms with van der Waals surface area (Å²) in [4.78, 5) is 61.8. The topological polar surface area (TPSA) is 153 Å². The highest BCUT2D eigenvalue weighted by atomic mass is 32.2. The molecule has 0 bridgehead atoms. The summed E-state index contributed by atoms with van der Waals surface area (Å²) in [6.07, 6.45) is 0.424. The number of hydrogen-bond donors (Lipinski definition) is 4. The van der Waals surface area contributed by atoms with Crippen molar-refractivity contribution in [3.05, 3.63) is 40.4 Å². The Kier molecular flexibility index (Phi) is 6.02. The summed E-state index contributed by atoms with van der Waals surface area (Å²) in [6.45, 7) is 3.62. The summed E-state index contributed by atoms with van der Waals surface area (Å²) in [5.41, 5.74) is 0.363. The average Bonchev–Trinajstić information content (AvgIpc) is 3.30. The number of hydrogen-bond acceptors (Lipinski definition) is 7. The number of ketones is 1. The van der Waals surface area contributed by atoms with E-state index in [4.69, 9.17) is 5.11 Å². The second kappa shape index (κ2) is 8.64. The Balaban J connectivity index is 1.44. The Morgan fingerprint density at radius 1 is 1.18 bits per heavy atom. The first-order valence-corrected chi connectivity index (χ1v) is 11.3. The number of nitrogens with zero attached hydrogens (tertiary/aromatic N) is 1. The molecule has 3 heterocycles. The van der Waals surface area contributed by atoms with Gasteiger partial charge in [-0.3, -0.25) is 19.3 Å². The molecule has 10 nitrogen and oxygen atoms in total. The molecule has 174 valence electrons. The molecule has 5 atom stereocenters. The number of Topliss-reactive ketones (excluding diaryl/α,β-unsaturated/α-hetero) is 1. The lowest BCUT2D eigenvalue weighted by molar-refractivity contribution is -0.160. The monoisotopic (exact) mass is 473 g/mol. The van der Waals surface area contributed by atoms with Crippen molar-refractivity contribution in [2.75, 3.05) is 11.9 Å². The molecule has 11 heteroatoms. The highest BCUT2D eigenvalue weighted by Crippen LogP contribution is 2.51. The van der Waals surface area contributed by atoms with Crippen LogP contribution in [0, 0.1) is 11.8 Å². The molecule has 33 heavy (non-hydrogen) atoms. The van der Waals surface area contributed by atoms with E-state index in [-0.39, 0.29) is 34.1 Å². The summed E-state index contributed by atoms with van der Waals surface area (Å²) < 4.78 is 0. The molecule has 4 rings (SSSR count). The van der Waals surface area contributed by atoms with Crippen LogP contribution >= 0.6 is 11.8 Å². The Morgan fingerprint density at radius 3 is 2.55 bits per heavy atom. The van der Waals surface area contributed by atoms with Crippen molar-refractivity contribution in [2.45, 2.75) is 37.6 Å². The SMILES string of the molecule is CC(=O)[C@H]1C(=O)N2C(C(=O)O)=C(SC3CN[C@H](C(=O)Nc4cccc(C(=O)O)c4)C3)[C@H](C)[C@H]12. The van der Waals surface area contributed by atoms with E-state index in [1.807, 2.05) is 6.92 Å². The van der Waals surface area contributed by atoms with Gasteiger partial charge in [0.1, 0.15) is 17.4 Å². The third-order valence-corrected chi connectivity index (χ3v) is 7.77. The number of carboxylic acids is 2. The number of aromatic carboxylic acids is 1. The minimum atomic E-state index is -1.21. The molecule has 0 saturated carbocycles. The average molecular weight is 474 g/mol. The van der Waals surface area contributed by atoms with Crippen molar-refractivity contribution in [2.24, 2.45) is 11.8 Å². The molecule has 1 unspecified atom stereocenters. The predicted octanol–water partition coefficient (Wildman–Crippen LogP) is 1.15. The fourth-order valence-corrected chi connectivity index (χ4v) is 6.17. The number of anilines is 1. The predicted molar refractivity (Wildman–Crippen MR) is 118 cm³/mol. The first-order valence-electron chi connectivity index (χ1n) is 10.5. The Labute approximate surface area is 193 Å². The Hall–Kier alpha value is -3.18. The molecule has 0 aromatic heterocycles. The van der Waals surface area contributed by atoms with Crippen molar-refractivity contribution in [3.63, 3.8) is 0 Å². The Bertz CT molecular complexity index is 1100. The van der Waals surface area contributed by atoms with Crippen LogP contribution in [0.25, 0.3) is 0 Å². The van der Waals surface area contributed by atoms with Crippen LogP contribution in [-0.4, -0.2) is 68.5 Å². The standard InChI is InChI=1S/C22H23N3O7S/c1-9-16-15(10(2)26)20(28)25(16)17(22(31)32)18(9)33-13-7-14(23-8-13)19(27)24-12-5-3-4-11(6-12)21(29)30/h3-6,9,13-16,23H,7-8H2,1-2H3,(H,24,27)(H,29,30)(H,31,32)/t9-,13?,14+,15-,16-/m1/s1. The summed E-state index contributed by atoms with van der Waals surface area (Å²) in [6, 6.07) is 4.93. The molecule has 1 aromatic carbocycles. The maximum absolute atomic E-state index is 12.7. The van der Waals surface area contributed by atoms with Gasteiger partial charge in [0, 0.05) is 28.3 Å². The van der Waals surface area contributed by atoms with Gasteiger partial charge in [-0.05, 0) is 31.5 Å². The van der Waals surface area contributed by atoms with Crippen molar-refractivity contribution < 1.29 is 34.2 Å². The normalized spacial score (nSPS) is 28.4. The maximum Gasteiger partial charge on any atom is 0.353 e. The summed E-state index contributed by atoms with van der Waals surface area (Å²) in [5, 5.41) is 24.5. The number of thioether (sulfide) groups is 1. The van der Waals surface area contributed by atoms with E-state index >= 15 is 0 Å². The fourth-order valence-electron chi connectivity index (χ4n) is 4.69. The van der Waals surface area contributed by atoms with Gasteiger partial charge >= 0.3 is 11.9 Å². The van der Waals surface area contributed by atoms with Crippen LogP contribution < -0.4 is 10.6 Å². The van der Waals surface area contributed by atoms with Gasteiger partial charge in [-0.25, -0.2) is 9.59 Å². The minimum absolute atomic E-state index is 0.0620. The third-order valence-electron chi connectivity index (χ3n) is 6.26. The van der Waals surface area contributed by atoms with Crippen LogP contribution in [-0.2, 0) is 19.2 Å². The molecule has 2 saturated heterocycles. The summed E-state index contributed by atoms with van der Waals surface area (Å²) >= 11 is 1.33. The van der Waals surface area contributed by atoms with Crippen LogP contribution in [0.1, 0.15) is 30.6 Å². The maximum atomic E-state index is 12.7. The van der Waals surface area contributed by atoms with Gasteiger partial charge < -0.3 is 20.8 Å². The van der Waals surface area contributed by atoms with Crippen molar-refractivity contribution in [1.29, 1.82) is 0 Å². The lowest BCUT2D eigenvalue weighted by Gasteiger charge is -2.43. The molecular formula is C22H23N3O7S. The molecular weight excluding hydrogens is 450 g/mol. The number of rotatable bonds is 7. The van der Waals surface area contributed by atoms with E-state index in [0.717, 1.165) is 0 Å². The zero-order valence-corrected chi connectivity index (χ0v) is 18.7. The number of carbonyl (C=O) groups excluding carboxylic acids is 3. The van der Waals surface area contributed by atoms with Gasteiger partial charge in [0.15, 0.2) is 0 Å². The van der Waals surface area contributed by atoms with E-state index in [2.05, 4.69) is 10.6 Å². The molecule has 0 radical (unpaired) electrons. The van der Waals surface area contributed by atoms with Crippen molar-refractivity contribution in [1.82, 2.24) is 10.2 Å². The van der Waals surface area contributed by atoms with Crippen LogP contribution in [0.2, 0.25) is 0 Å². The number of benzene rings is 1. The largest absolute Gasteiger partial charge is 0.478 e. The minimum Gasteiger partial charge on any atom is -0.478 e. The zero-order chi connectivity index (χ0) is 24.0. The molecule has 2 amide bonds. The number of fused-ring (bicyclic) bond motifs is 1.